The monoisotopic (exact) mass is 668 g/mol. The second-order valence-electron chi connectivity index (χ2n) is 13.1. The Kier molecular flexibility index (Phi) is 7.10. The minimum absolute atomic E-state index is 0.838. The van der Waals surface area contributed by atoms with E-state index in [1.54, 1.807) is 0 Å². The highest BCUT2D eigenvalue weighted by Crippen LogP contribution is 2.45. The van der Waals surface area contributed by atoms with E-state index in [9.17, 15) is 0 Å². The number of anilines is 5. The van der Waals surface area contributed by atoms with Gasteiger partial charge in [0.05, 0.1) is 5.69 Å². The lowest BCUT2D eigenvalue weighted by atomic mass is 10.00. The van der Waals surface area contributed by atoms with Crippen molar-refractivity contribution >= 4 is 72.3 Å². The summed E-state index contributed by atoms with van der Waals surface area (Å²) in [7, 11) is 0. The van der Waals surface area contributed by atoms with Crippen LogP contribution in [0, 0.1) is 0 Å². The Balaban J connectivity index is 1.20. The topological polar surface area (TPSA) is 41.6 Å². The molecule has 0 aliphatic rings. The standard InChI is InChI=1S/C48H32N2O2/c1-3-12-32(13-4-1)33-22-25-38(26-23-33)50(44-19-11-18-42-40-16-7-10-21-46(40)52-48(42)44)39-29-35(28-37(31-39)49-36-14-5-2-6-15-36)34-24-27-47-43(30-34)41-17-8-9-20-45(41)51-47/h1-31,49H. The van der Waals surface area contributed by atoms with Crippen LogP contribution < -0.4 is 10.2 Å². The van der Waals surface area contributed by atoms with Crippen LogP contribution in [0.3, 0.4) is 0 Å². The number of para-hydroxylation sites is 4. The zero-order valence-corrected chi connectivity index (χ0v) is 28.2. The molecule has 0 unspecified atom stereocenters. The molecule has 10 aromatic rings. The number of fused-ring (bicyclic) bond motifs is 6. The maximum atomic E-state index is 6.65. The fourth-order valence-corrected chi connectivity index (χ4v) is 7.34. The summed E-state index contributed by atoms with van der Waals surface area (Å²) in [4.78, 5) is 2.31. The third kappa shape index (κ3) is 5.26. The molecule has 52 heavy (non-hydrogen) atoms. The third-order valence-corrected chi connectivity index (χ3v) is 9.81. The van der Waals surface area contributed by atoms with Gasteiger partial charge in [0, 0.05) is 44.3 Å². The van der Waals surface area contributed by atoms with E-state index in [0.29, 0.717) is 0 Å². The summed E-state index contributed by atoms with van der Waals surface area (Å²) in [6, 6.07) is 65.7. The lowest BCUT2D eigenvalue weighted by Crippen LogP contribution is -2.11. The molecule has 0 radical (unpaired) electrons. The van der Waals surface area contributed by atoms with Gasteiger partial charge in [0.25, 0.3) is 0 Å². The first-order chi connectivity index (χ1) is 25.7. The number of hydrogen-bond acceptors (Lipinski definition) is 4. The summed E-state index contributed by atoms with van der Waals surface area (Å²) < 4.78 is 12.9. The van der Waals surface area contributed by atoms with Crippen molar-refractivity contribution in [3.63, 3.8) is 0 Å². The van der Waals surface area contributed by atoms with Gasteiger partial charge < -0.3 is 19.1 Å². The first kappa shape index (κ1) is 29.8. The molecule has 0 amide bonds. The molecule has 0 spiro atoms. The predicted molar refractivity (Wildman–Crippen MR) is 216 cm³/mol. The Morgan fingerprint density at radius 3 is 1.75 bits per heavy atom. The summed E-state index contributed by atoms with van der Waals surface area (Å²) in [6.45, 7) is 0. The van der Waals surface area contributed by atoms with Crippen LogP contribution in [0.25, 0.3) is 66.1 Å². The number of nitrogens with one attached hydrogen (secondary N) is 1. The van der Waals surface area contributed by atoms with Crippen LogP contribution in [0.5, 0.6) is 0 Å². The summed E-state index contributed by atoms with van der Waals surface area (Å²) >= 11 is 0. The Morgan fingerprint density at radius 2 is 0.962 bits per heavy atom. The van der Waals surface area contributed by atoms with Gasteiger partial charge in [0.2, 0.25) is 0 Å². The van der Waals surface area contributed by atoms with E-state index < -0.39 is 0 Å². The number of rotatable bonds is 7. The Bertz CT molecular complexity index is 2870. The van der Waals surface area contributed by atoms with Gasteiger partial charge in [-0.3, -0.25) is 0 Å². The third-order valence-electron chi connectivity index (χ3n) is 9.81. The van der Waals surface area contributed by atoms with Gasteiger partial charge >= 0.3 is 0 Å². The molecule has 0 aliphatic carbocycles. The molecule has 0 fully saturated rings. The number of nitrogens with zero attached hydrogens (tertiary/aromatic N) is 1. The van der Waals surface area contributed by atoms with E-state index in [1.165, 1.54) is 5.56 Å². The number of benzene rings is 8. The molecule has 0 bridgehead atoms. The first-order valence-corrected chi connectivity index (χ1v) is 17.5. The van der Waals surface area contributed by atoms with Crippen LogP contribution in [0.2, 0.25) is 0 Å². The SMILES string of the molecule is c1ccc(Nc2cc(-c3ccc4oc5ccccc5c4c3)cc(N(c3ccc(-c4ccccc4)cc3)c3cccc4c3oc3ccccc34)c2)cc1. The summed E-state index contributed by atoms with van der Waals surface area (Å²) in [6.07, 6.45) is 0. The van der Waals surface area contributed by atoms with Gasteiger partial charge in [-0.25, -0.2) is 0 Å². The van der Waals surface area contributed by atoms with Crippen LogP contribution in [-0.4, -0.2) is 0 Å². The van der Waals surface area contributed by atoms with E-state index in [1.807, 2.05) is 42.5 Å². The van der Waals surface area contributed by atoms with Gasteiger partial charge in [-0.2, -0.15) is 0 Å². The van der Waals surface area contributed by atoms with E-state index in [0.717, 1.165) is 89.0 Å². The first-order valence-electron chi connectivity index (χ1n) is 17.5. The summed E-state index contributed by atoms with van der Waals surface area (Å²) in [5, 5.41) is 8.07. The summed E-state index contributed by atoms with van der Waals surface area (Å²) in [5.41, 5.74) is 12.9. The van der Waals surface area contributed by atoms with Crippen molar-refractivity contribution in [3.05, 3.63) is 188 Å². The molecule has 4 nitrogen and oxygen atoms in total. The predicted octanol–water partition coefficient (Wildman–Crippen LogP) is 14.0. The molecular weight excluding hydrogens is 637 g/mol. The van der Waals surface area contributed by atoms with Crippen LogP contribution in [-0.2, 0) is 0 Å². The van der Waals surface area contributed by atoms with E-state index >= 15 is 0 Å². The average Bonchev–Trinajstić information content (AvgIpc) is 3.78. The van der Waals surface area contributed by atoms with Gasteiger partial charge in [-0.1, -0.05) is 115 Å². The summed E-state index contributed by atoms with van der Waals surface area (Å²) in [5.74, 6) is 0. The van der Waals surface area contributed by atoms with Gasteiger partial charge in [-0.15, -0.1) is 0 Å². The van der Waals surface area contributed by atoms with Crippen molar-refractivity contribution in [2.24, 2.45) is 0 Å². The smallest absolute Gasteiger partial charge is 0.159 e. The van der Waals surface area contributed by atoms with E-state index in [-0.39, 0.29) is 0 Å². The van der Waals surface area contributed by atoms with Gasteiger partial charge in [-0.05, 0) is 95.1 Å². The fraction of sp³-hybridized carbons (Fsp3) is 0. The molecule has 2 heterocycles. The van der Waals surface area contributed by atoms with Gasteiger partial charge in [0.15, 0.2) is 5.58 Å². The van der Waals surface area contributed by atoms with Crippen molar-refractivity contribution in [2.45, 2.75) is 0 Å². The molecule has 4 heteroatoms. The molecule has 0 atom stereocenters. The normalized spacial score (nSPS) is 11.5. The molecule has 8 aromatic carbocycles. The Morgan fingerprint density at radius 1 is 0.346 bits per heavy atom. The highest BCUT2D eigenvalue weighted by molar-refractivity contribution is 6.10. The number of furan rings is 2. The molecule has 0 saturated carbocycles. The molecule has 246 valence electrons. The van der Waals surface area contributed by atoms with E-state index in [4.69, 9.17) is 8.83 Å². The lowest BCUT2D eigenvalue weighted by molar-refractivity contribution is 0.668. The largest absolute Gasteiger partial charge is 0.456 e. The van der Waals surface area contributed by atoms with Crippen LogP contribution in [0.15, 0.2) is 197 Å². The molecule has 2 aromatic heterocycles. The number of hydrogen-bond donors (Lipinski definition) is 1. The second kappa shape index (κ2) is 12.4. The van der Waals surface area contributed by atoms with Crippen LogP contribution >= 0.6 is 0 Å². The zero-order chi connectivity index (χ0) is 34.4. The fourth-order valence-electron chi connectivity index (χ4n) is 7.34. The molecule has 1 N–H and O–H groups in total. The van der Waals surface area contributed by atoms with E-state index in [2.05, 4.69) is 156 Å². The Hall–Kier alpha value is -7.04. The maximum Gasteiger partial charge on any atom is 0.159 e. The highest BCUT2D eigenvalue weighted by Gasteiger charge is 2.21. The minimum Gasteiger partial charge on any atom is -0.456 e. The molecule has 10 rings (SSSR count). The van der Waals surface area contributed by atoms with Crippen molar-refractivity contribution in [1.82, 2.24) is 0 Å². The second-order valence-corrected chi connectivity index (χ2v) is 13.1. The van der Waals surface area contributed by atoms with Crippen LogP contribution in [0.1, 0.15) is 0 Å². The minimum atomic E-state index is 0.838. The molecule has 0 saturated heterocycles. The average molecular weight is 669 g/mol. The van der Waals surface area contributed by atoms with Crippen LogP contribution in [0.4, 0.5) is 28.4 Å². The highest BCUT2D eigenvalue weighted by atomic mass is 16.3. The van der Waals surface area contributed by atoms with Crippen molar-refractivity contribution in [1.29, 1.82) is 0 Å². The Labute approximate surface area is 300 Å². The van der Waals surface area contributed by atoms with Gasteiger partial charge in [0.1, 0.15) is 16.7 Å². The zero-order valence-electron chi connectivity index (χ0n) is 28.2. The van der Waals surface area contributed by atoms with Crippen molar-refractivity contribution in [2.75, 3.05) is 10.2 Å². The van der Waals surface area contributed by atoms with Crippen molar-refractivity contribution in [3.8, 4) is 22.3 Å². The quantitative estimate of drug-likeness (QED) is 0.184. The maximum absolute atomic E-state index is 6.65. The lowest BCUT2D eigenvalue weighted by Gasteiger charge is -2.27. The molecular formula is C48H32N2O2. The van der Waals surface area contributed by atoms with Crippen molar-refractivity contribution < 1.29 is 8.83 Å². The molecule has 0 aliphatic heterocycles.